The summed E-state index contributed by atoms with van der Waals surface area (Å²) in [7, 11) is 1.71. The fourth-order valence-corrected chi connectivity index (χ4v) is 3.91. The molecule has 12 heteroatoms. The van der Waals surface area contributed by atoms with Crippen LogP contribution in [0.1, 0.15) is 10.4 Å². The number of nitrogen functional groups attached to an aromatic ring is 1. The Morgan fingerprint density at radius 3 is 2.93 bits per heavy atom. The average molecular weight is 408 g/mol. The number of likely N-dealkylation sites (N-methyl/N-ethyl adjacent to an activating group) is 1. The lowest BCUT2D eigenvalue weighted by Crippen LogP contribution is -2.67. The molecular formula is C17H22F2N8O2. The molecule has 0 radical (unpaired) electrons. The average Bonchev–Trinajstić information content (AvgIpc) is 2.99. The second kappa shape index (κ2) is 7.52. The third-order valence-corrected chi connectivity index (χ3v) is 5.41. The van der Waals surface area contributed by atoms with Gasteiger partial charge in [0.05, 0.1) is 31.0 Å². The Balaban J connectivity index is 1.57. The van der Waals surface area contributed by atoms with E-state index in [9.17, 15) is 18.4 Å². The molecule has 156 valence electrons. The van der Waals surface area contributed by atoms with Crippen molar-refractivity contribution in [1.29, 1.82) is 0 Å². The van der Waals surface area contributed by atoms with Crippen molar-refractivity contribution in [3.05, 3.63) is 23.8 Å². The van der Waals surface area contributed by atoms with Crippen LogP contribution in [0.25, 0.3) is 5.65 Å². The largest absolute Gasteiger partial charge is 0.381 e. The third-order valence-electron chi connectivity index (χ3n) is 5.41. The maximum absolute atomic E-state index is 14.8. The number of carbonyl (C=O) groups excluding carboxylic acids is 2. The molecule has 0 saturated carbocycles. The summed E-state index contributed by atoms with van der Waals surface area (Å²) in [6.07, 6.45) is 0.762. The molecular weight excluding hydrogens is 386 g/mol. The van der Waals surface area contributed by atoms with E-state index in [1.54, 1.807) is 16.8 Å². The van der Waals surface area contributed by atoms with E-state index < -0.39 is 30.0 Å². The summed E-state index contributed by atoms with van der Waals surface area (Å²) in [5.41, 5.74) is 5.95. The van der Waals surface area contributed by atoms with Gasteiger partial charge in [0.15, 0.2) is 17.3 Å². The molecule has 2 fully saturated rings. The fraction of sp³-hybridized carbons (Fsp3) is 0.529. The summed E-state index contributed by atoms with van der Waals surface area (Å²) in [6, 6.07) is -1.26. The number of piperazine rings is 1. The number of hydrogen-bond donors (Lipinski definition) is 3. The van der Waals surface area contributed by atoms with Gasteiger partial charge in [-0.05, 0) is 0 Å². The van der Waals surface area contributed by atoms with Crippen molar-refractivity contribution in [3.63, 3.8) is 0 Å². The number of fused-ring (bicyclic) bond motifs is 1. The molecule has 0 spiro atoms. The van der Waals surface area contributed by atoms with E-state index in [1.807, 2.05) is 0 Å². The van der Waals surface area contributed by atoms with Gasteiger partial charge in [-0.2, -0.15) is 0 Å². The van der Waals surface area contributed by atoms with Gasteiger partial charge in [0, 0.05) is 33.2 Å². The van der Waals surface area contributed by atoms with Gasteiger partial charge in [-0.3, -0.25) is 14.5 Å². The minimum atomic E-state index is -1.27. The zero-order valence-corrected chi connectivity index (χ0v) is 15.8. The summed E-state index contributed by atoms with van der Waals surface area (Å²) < 4.78 is 29.3. The van der Waals surface area contributed by atoms with Gasteiger partial charge >= 0.3 is 0 Å². The van der Waals surface area contributed by atoms with E-state index in [1.165, 1.54) is 0 Å². The van der Waals surface area contributed by atoms with Crippen molar-refractivity contribution in [2.45, 2.75) is 18.3 Å². The van der Waals surface area contributed by atoms with Gasteiger partial charge in [0.1, 0.15) is 11.7 Å². The topological polar surface area (TPSA) is 121 Å². The maximum atomic E-state index is 14.8. The van der Waals surface area contributed by atoms with Crippen molar-refractivity contribution in [3.8, 4) is 0 Å². The molecule has 0 aliphatic carbocycles. The van der Waals surface area contributed by atoms with Gasteiger partial charge < -0.3 is 21.3 Å². The lowest BCUT2D eigenvalue weighted by atomic mass is 9.96. The Kier molecular flexibility index (Phi) is 5.04. The zero-order chi connectivity index (χ0) is 20.7. The van der Waals surface area contributed by atoms with E-state index in [4.69, 9.17) is 5.73 Å². The van der Waals surface area contributed by atoms with E-state index >= 15 is 0 Å². The Morgan fingerprint density at radius 1 is 1.38 bits per heavy atom. The van der Waals surface area contributed by atoms with Crippen molar-refractivity contribution >= 4 is 23.3 Å². The van der Waals surface area contributed by atoms with Crippen LogP contribution >= 0.6 is 0 Å². The summed E-state index contributed by atoms with van der Waals surface area (Å²) >= 11 is 0. The first-order chi connectivity index (χ1) is 13.8. The number of aromatic nitrogens is 3. The molecule has 3 atom stereocenters. The minimum absolute atomic E-state index is 0.000754. The Labute approximate surface area is 165 Å². The number of hydrogen-bond acceptors (Lipinski definition) is 7. The highest BCUT2D eigenvalue weighted by atomic mass is 19.1. The van der Waals surface area contributed by atoms with Crippen LogP contribution in [0.5, 0.6) is 0 Å². The highest BCUT2D eigenvalue weighted by Crippen LogP contribution is 2.21. The van der Waals surface area contributed by atoms with Crippen molar-refractivity contribution in [1.82, 2.24) is 35.0 Å². The minimum Gasteiger partial charge on any atom is -0.381 e. The predicted molar refractivity (Wildman–Crippen MR) is 99.4 cm³/mol. The first kappa shape index (κ1) is 19.5. The van der Waals surface area contributed by atoms with Gasteiger partial charge in [-0.25, -0.2) is 18.3 Å². The summed E-state index contributed by atoms with van der Waals surface area (Å²) in [6.45, 7) is 1.56. The molecule has 4 heterocycles. The molecule has 2 aliphatic heterocycles. The summed E-state index contributed by atoms with van der Waals surface area (Å²) in [5.74, 6) is -1.40. The molecule has 2 aromatic heterocycles. The number of alkyl halides is 1. The maximum Gasteiger partial charge on any atom is 0.259 e. The predicted octanol–water partition coefficient (Wildman–Crippen LogP) is -1.37. The van der Waals surface area contributed by atoms with Crippen LogP contribution in [0.3, 0.4) is 0 Å². The molecule has 0 bridgehead atoms. The fourth-order valence-electron chi connectivity index (χ4n) is 3.91. The number of nitrogens with one attached hydrogen (secondary N) is 2. The molecule has 29 heavy (non-hydrogen) atoms. The molecule has 0 aromatic carbocycles. The molecule has 2 amide bonds. The summed E-state index contributed by atoms with van der Waals surface area (Å²) in [4.78, 5) is 32.3. The number of nitrogens with two attached hydrogens (primary N) is 1. The van der Waals surface area contributed by atoms with Crippen LogP contribution in [-0.2, 0) is 4.79 Å². The standard InChI is InChI=1S/C17H22F2N8O2/c1-25-2-3-26(8-12(25)28)14-10(19)5-21-6-11(14)23-17(29)13-15(20)24-27-7-9(18)4-22-16(13)27/h4,7,10-11,14,21H,2-3,5-6,8H2,1H3,(H2,20,24)(H,23,29). The van der Waals surface area contributed by atoms with Gasteiger partial charge in [-0.1, -0.05) is 0 Å². The number of nitrogens with zero attached hydrogens (tertiary/aromatic N) is 5. The van der Waals surface area contributed by atoms with Crippen LogP contribution in [0.2, 0.25) is 0 Å². The highest BCUT2D eigenvalue weighted by molar-refractivity contribution is 6.04. The number of amides is 2. The Morgan fingerprint density at radius 2 is 2.17 bits per heavy atom. The van der Waals surface area contributed by atoms with Crippen LogP contribution in [0.15, 0.2) is 12.4 Å². The van der Waals surface area contributed by atoms with E-state index in [2.05, 4.69) is 20.7 Å². The molecule has 2 aliphatic rings. The lowest BCUT2D eigenvalue weighted by molar-refractivity contribution is -0.136. The van der Waals surface area contributed by atoms with Crippen LogP contribution in [0.4, 0.5) is 14.6 Å². The third kappa shape index (κ3) is 3.60. The van der Waals surface area contributed by atoms with Gasteiger partial charge in [-0.15, -0.1) is 5.10 Å². The molecule has 2 saturated heterocycles. The second-order valence-corrected chi connectivity index (χ2v) is 7.33. The second-order valence-electron chi connectivity index (χ2n) is 7.33. The summed E-state index contributed by atoms with van der Waals surface area (Å²) in [5, 5.41) is 9.66. The zero-order valence-electron chi connectivity index (χ0n) is 15.8. The van der Waals surface area contributed by atoms with Crippen LogP contribution in [0, 0.1) is 5.82 Å². The van der Waals surface area contributed by atoms with E-state index in [-0.39, 0.29) is 36.0 Å². The molecule has 4 N–H and O–H groups in total. The SMILES string of the molecule is CN1CCN(C2C(F)CNCC2NC(=O)c2c(N)nn3cc(F)cnc23)CC1=O. The molecule has 10 nitrogen and oxygen atoms in total. The number of rotatable bonds is 3. The molecule has 2 aromatic rings. The smallest absolute Gasteiger partial charge is 0.259 e. The van der Waals surface area contributed by atoms with Crippen LogP contribution < -0.4 is 16.4 Å². The number of carbonyl (C=O) groups is 2. The molecule has 3 unspecified atom stereocenters. The lowest BCUT2D eigenvalue weighted by Gasteiger charge is -2.44. The normalized spacial score (nSPS) is 26.1. The molecule has 4 rings (SSSR count). The first-order valence-electron chi connectivity index (χ1n) is 9.28. The van der Waals surface area contributed by atoms with E-state index in [0.717, 1.165) is 16.9 Å². The number of halogens is 2. The van der Waals surface area contributed by atoms with Crippen molar-refractivity contribution in [2.75, 3.05) is 45.5 Å². The quantitative estimate of drug-likeness (QED) is 0.573. The first-order valence-corrected chi connectivity index (χ1v) is 9.28. The van der Waals surface area contributed by atoms with Gasteiger partial charge in [0.2, 0.25) is 5.91 Å². The van der Waals surface area contributed by atoms with Gasteiger partial charge in [0.25, 0.3) is 5.91 Å². The van der Waals surface area contributed by atoms with E-state index in [0.29, 0.717) is 19.6 Å². The monoisotopic (exact) mass is 408 g/mol. The van der Waals surface area contributed by atoms with Crippen molar-refractivity contribution < 1.29 is 18.4 Å². The highest BCUT2D eigenvalue weighted by Gasteiger charge is 2.41. The number of anilines is 1. The van der Waals surface area contributed by atoms with Crippen LogP contribution in [-0.4, -0.2) is 94.2 Å². The Bertz CT molecular complexity index is 951. The Hall–Kier alpha value is -2.86. The van der Waals surface area contributed by atoms with Crippen molar-refractivity contribution in [2.24, 2.45) is 0 Å². The number of piperidine rings is 1.